The van der Waals surface area contributed by atoms with E-state index in [1.54, 1.807) is 0 Å². The molecule has 1 aromatic carbocycles. The number of pyridine rings is 1. The fourth-order valence-corrected chi connectivity index (χ4v) is 2.50. The Bertz CT molecular complexity index is 692. The average Bonchev–Trinajstić information content (AvgIpc) is 2.52. The highest BCUT2D eigenvalue weighted by atomic mass is 35.5. The molecule has 0 aliphatic carbocycles. The number of rotatable bonds is 6. The molecule has 0 saturated heterocycles. The Morgan fingerprint density at radius 1 is 1.09 bits per heavy atom. The summed E-state index contributed by atoms with van der Waals surface area (Å²) in [5, 5.41) is 6.59. The first-order valence-corrected chi connectivity index (χ1v) is 7.88. The third-order valence-electron chi connectivity index (χ3n) is 2.98. The van der Waals surface area contributed by atoms with Crippen LogP contribution in [0.5, 0.6) is 0 Å². The first kappa shape index (κ1) is 17.8. The van der Waals surface area contributed by atoms with E-state index in [1.807, 2.05) is 0 Å². The molecule has 8 heteroatoms. The van der Waals surface area contributed by atoms with Gasteiger partial charge in [0.1, 0.15) is 5.82 Å². The van der Waals surface area contributed by atoms with Crippen molar-refractivity contribution in [2.24, 2.45) is 0 Å². The Labute approximate surface area is 148 Å². The van der Waals surface area contributed by atoms with Gasteiger partial charge in [-0.1, -0.05) is 34.8 Å². The summed E-state index contributed by atoms with van der Waals surface area (Å²) < 4.78 is 13.0. The topological polar surface area (TPSA) is 54.0 Å². The minimum absolute atomic E-state index is 0.0821. The zero-order chi connectivity index (χ0) is 16.8. The lowest BCUT2D eigenvalue weighted by Crippen LogP contribution is -2.25. The van der Waals surface area contributed by atoms with Gasteiger partial charge in [0.05, 0.1) is 20.8 Å². The Balaban J connectivity index is 1.77. The average molecular weight is 377 g/mol. The predicted octanol–water partition coefficient (Wildman–Crippen LogP) is 4.41. The summed E-state index contributed by atoms with van der Waals surface area (Å²) >= 11 is 17.6. The molecule has 0 spiro atoms. The first-order valence-electron chi connectivity index (χ1n) is 6.75. The standard InChI is InChI=1S/C15H13Cl3FN3O/c16-10-6-9(2-3-13(10)19)15(23)22-5-1-4-21-14-11(17)7-20-8-12(14)18/h2-3,6-8H,1,4-5H2,(H,20,21)(H,22,23). The molecule has 0 aliphatic heterocycles. The van der Waals surface area contributed by atoms with Crippen LogP contribution in [0.2, 0.25) is 15.1 Å². The van der Waals surface area contributed by atoms with Crippen molar-refractivity contribution in [2.75, 3.05) is 18.4 Å². The Kier molecular flexibility index (Phi) is 6.45. The summed E-state index contributed by atoms with van der Waals surface area (Å²) in [7, 11) is 0. The van der Waals surface area contributed by atoms with Crippen molar-refractivity contribution in [1.82, 2.24) is 10.3 Å². The van der Waals surface area contributed by atoms with E-state index in [9.17, 15) is 9.18 Å². The maximum Gasteiger partial charge on any atom is 0.251 e. The van der Waals surface area contributed by atoms with Crippen molar-refractivity contribution >= 4 is 46.4 Å². The summed E-state index contributed by atoms with van der Waals surface area (Å²) in [5.41, 5.74) is 0.921. The number of benzene rings is 1. The van der Waals surface area contributed by atoms with Gasteiger partial charge in [-0.15, -0.1) is 0 Å². The van der Waals surface area contributed by atoms with Crippen LogP contribution in [0.25, 0.3) is 0 Å². The minimum Gasteiger partial charge on any atom is -0.382 e. The Morgan fingerprint density at radius 3 is 2.43 bits per heavy atom. The van der Waals surface area contributed by atoms with Crippen LogP contribution in [0, 0.1) is 5.82 Å². The second-order valence-electron chi connectivity index (χ2n) is 4.64. The third kappa shape index (κ3) is 4.96. The van der Waals surface area contributed by atoms with E-state index in [1.165, 1.54) is 24.5 Å². The molecule has 1 heterocycles. The lowest BCUT2D eigenvalue weighted by molar-refractivity contribution is 0.0953. The van der Waals surface area contributed by atoms with E-state index in [2.05, 4.69) is 15.6 Å². The molecule has 0 bridgehead atoms. The van der Waals surface area contributed by atoms with Gasteiger partial charge in [0.2, 0.25) is 0 Å². The van der Waals surface area contributed by atoms with Crippen molar-refractivity contribution in [2.45, 2.75) is 6.42 Å². The van der Waals surface area contributed by atoms with Crippen LogP contribution in [0.3, 0.4) is 0 Å². The van der Waals surface area contributed by atoms with Crippen molar-refractivity contribution in [3.05, 3.63) is 57.0 Å². The number of carbonyl (C=O) groups excluding carboxylic acids is 1. The van der Waals surface area contributed by atoms with E-state index in [0.29, 0.717) is 40.8 Å². The molecule has 0 aliphatic rings. The Morgan fingerprint density at radius 2 is 1.78 bits per heavy atom. The fraction of sp³-hybridized carbons (Fsp3) is 0.200. The largest absolute Gasteiger partial charge is 0.382 e. The second-order valence-corrected chi connectivity index (χ2v) is 5.86. The summed E-state index contributed by atoms with van der Waals surface area (Å²) in [6.45, 7) is 0.995. The van der Waals surface area contributed by atoms with E-state index < -0.39 is 5.82 Å². The molecule has 2 aromatic rings. The monoisotopic (exact) mass is 375 g/mol. The van der Waals surface area contributed by atoms with Gasteiger partial charge in [-0.3, -0.25) is 9.78 Å². The first-order chi connectivity index (χ1) is 11.0. The number of halogens is 4. The SMILES string of the molecule is O=C(NCCCNc1c(Cl)cncc1Cl)c1ccc(F)c(Cl)c1. The van der Waals surface area contributed by atoms with E-state index >= 15 is 0 Å². The van der Waals surface area contributed by atoms with Crippen LogP contribution < -0.4 is 10.6 Å². The number of hydrogen-bond donors (Lipinski definition) is 2. The maximum atomic E-state index is 13.0. The van der Waals surface area contributed by atoms with Gasteiger partial charge in [0.15, 0.2) is 0 Å². The van der Waals surface area contributed by atoms with E-state index in [0.717, 1.165) is 6.07 Å². The summed E-state index contributed by atoms with van der Waals surface area (Å²) in [4.78, 5) is 15.7. The second kappa shape index (κ2) is 8.34. The highest BCUT2D eigenvalue weighted by molar-refractivity contribution is 6.38. The molecule has 2 N–H and O–H groups in total. The molecule has 1 amide bonds. The predicted molar refractivity (Wildman–Crippen MR) is 91.1 cm³/mol. The van der Waals surface area contributed by atoms with E-state index in [-0.39, 0.29) is 10.9 Å². The number of aromatic nitrogens is 1. The number of nitrogens with one attached hydrogen (secondary N) is 2. The van der Waals surface area contributed by atoms with Gasteiger partial charge in [0.25, 0.3) is 5.91 Å². The van der Waals surface area contributed by atoms with Crippen LogP contribution >= 0.6 is 34.8 Å². The molecule has 1 aromatic heterocycles. The molecular formula is C15H13Cl3FN3O. The molecule has 122 valence electrons. The zero-order valence-corrected chi connectivity index (χ0v) is 14.1. The third-order valence-corrected chi connectivity index (χ3v) is 3.84. The van der Waals surface area contributed by atoms with Crippen molar-refractivity contribution in [1.29, 1.82) is 0 Å². The highest BCUT2D eigenvalue weighted by Crippen LogP contribution is 2.28. The van der Waals surface area contributed by atoms with Crippen LogP contribution in [-0.2, 0) is 0 Å². The summed E-state index contributed by atoms with van der Waals surface area (Å²) in [5.74, 6) is -0.870. The molecule has 2 rings (SSSR count). The molecule has 0 saturated carbocycles. The number of amides is 1. The van der Waals surface area contributed by atoms with Gasteiger partial charge >= 0.3 is 0 Å². The lowest BCUT2D eigenvalue weighted by atomic mass is 10.2. The van der Waals surface area contributed by atoms with E-state index in [4.69, 9.17) is 34.8 Å². The molecule has 0 unspecified atom stereocenters. The quantitative estimate of drug-likeness (QED) is 0.734. The summed E-state index contributed by atoms with van der Waals surface area (Å²) in [6.07, 6.45) is 3.64. The van der Waals surface area contributed by atoms with Gasteiger partial charge in [0, 0.05) is 31.0 Å². The van der Waals surface area contributed by atoms with Gasteiger partial charge in [-0.2, -0.15) is 0 Å². The van der Waals surface area contributed by atoms with Crippen molar-refractivity contribution in [3.63, 3.8) is 0 Å². The molecule has 0 fully saturated rings. The lowest BCUT2D eigenvalue weighted by Gasteiger charge is -2.10. The zero-order valence-electron chi connectivity index (χ0n) is 11.9. The normalized spacial score (nSPS) is 10.4. The van der Waals surface area contributed by atoms with Crippen molar-refractivity contribution < 1.29 is 9.18 Å². The van der Waals surface area contributed by atoms with Crippen LogP contribution in [0.4, 0.5) is 10.1 Å². The van der Waals surface area contributed by atoms with Crippen LogP contribution in [0.1, 0.15) is 16.8 Å². The smallest absolute Gasteiger partial charge is 0.251 e. The number of carbonyl (C=O) groups is 1. The molecule has 4 nitrogen and oxygen atoms in total. The summed E-state index contributed by atoms with van der Waals surface area (Å²) in [6, 6.07) is 3.83. The maximum absolute atomic E-state index is 13.0. The molecular weight excluding hydrogens is 364 g/mol. The van der Waals surface area contributed by atoms with Crippen LogP contribution in [0.15, 0.2) is 30.6 Å². The molecule has 0 atom stereocenters. The van der Waals surface area contributed by atoms with Crippen LogP contribution in [-0.4, -0.2) is 24.0 Å². The number of nitrogens with zero attached hydrogens (tertiary/aromatic N) is 1. The van der Waals surface area contributed by atoms with Gasteiger partial charge in [-0.05, 0) is 24.6 Å². The molecule has 0 radical (unpaired) electrons. The van der Waals surface area contributed by atoms with Crippen molar-refractivity contribution in [3.8, 4) is 0 Å². The fourth-order valence-electron chi connectivity index (χ4n) is 1.82. The van der Waals surface area contributed by atoms with Gasteiger partial charge < -0.3 is 10.6 Å². The van der Waals surface area contributed by atoms with Gasteiger partial charge in [-0.25, -0.2) is 4.39 Å². The highest BCUT2D eigenvalue weighted by Gasteiger charge is 2.08. The number of hydrogen-bond acceptors (Lipinski definition) is 3. The number of anilines is 1. The molecule has 23 heavy (non-hydrogen) atoms. The minimum atomic E-state index is -0.557. The Hall–Kier alpha value is -1.56.